The van der Waals surface area contributed by atoms with E-state index in [2.05, 4.69) is 11.6 Å². The molecule has 0 amide bonds. The minimum absolute atomic E-state index is 0.203. The minimum atomic E-state index is -3.47. The summed E-state index contributed by atoms with van der Waals surface area (Å²) in [6.45, 7) is 4.63. The van der Waals surface area contributed by atoms with Gasteiger partial charge >= 0.3 is 0 Å². The molecular formula is C15H24N2O2S. The Kier molecular flexibility index (Phi) is 4.39. The smallest absolute Gasteiger partial charge is 0.240 e. The van der Waals surface area contributed by atoms with Crippen LogP contribution < -0.4 is 10.5 Å². The molecule has 20 heavy (non-hydrogen) atoms. The Bertz CT molecular complexity index is 578. The van der Waals surface area contributed by atoms with Gasteiger partial charge < -0.3 is 5.73 Å². The maximum Gasteiger partial charge on any atom is 0.240 e. The maximum absolute atomic E-state index is 12.5. The highest BCUT2D eigenvalue weighted by Crippen LogP contribution is 2.49. The highest BCUT2D eigenvalue weighted by Gasteiger charge is 2.42. The van der Waals surface area contributed by atoms with Gasteiger partial charge in [-0.2, -0.15) is 0 Å². The van der Waals surface area contributed by atoms with E-state index in [0.717, 1.165) is 31.2 Å². The molecule has 112 valence electrons. The van der Waals surface area contributed by atoms with E-state index < -0.39 is 10.0 Å². The Hall–Kier alpha value is -1.07. The van der Waals surface area contributed by atoms with Gasteiger partial charge in [0.25, 0.3) is 0 Å². The summed E-state index contributed by atoms with van der Waals surface area (Å²) >= 11 is 0. The van der Waals surface area contributed by atoms with Crippen molar-refractivity contribution in [2.75, 3.05) is 12.3 Å². The number of nitrogens with two attached hydrogens (primary N) is 1. The molecule has 4 nitrogen and oxygen atoms in total. The van der Waals surface area contributed by atoms with Crippen molar-refractivity contribution in [3.05, 3.63) is 23.8 Å². The minimum Gasteiger partial charge on any atom is -0.399 e. The highest BCUT2D eigenvalue weighted by atomic mass is 32.2. The quantitative estimate of drug-likeness (QED) is 0.760. The third-order valence-corrected chi connectivity index (χ3v) is 5.62. The van der Waals surface area contributed by atoms with Crippen molar-refractivity contribution in [2.24, 2.45) is 5.41 Å². The molecule has 1 aromatic rings. The van der Waals surface area contributed by atoms with Crippen molar-refractivity contribution in [1.82, 2.24) is 4.72 Å². The van der Waals surface area contributed by atoms with E-state index >= 15 is 0 Å². The number of aryl methyl sites for hydroxylation is 1. The maximum atomic E-state index is 12.5. The summed E-state index contributed by atoms with van der Waals surface area (Å²) in [7, 11) is -3.47. The highest BCUT2D eigenvalue weighted by molar-refractivity contribution is 7.89. The van der Waals surface area contributed by atoms with E-state index in [4.69, 9.17) is 5.73 Å². The second kappa shape index (κ2) is 5.74. The van der Waals surface area contributed by atoms with E-state index in [-0.39, 0.29) is 5.41 Å². The third-order valence-electron chi connectivity index (χ3n) is 4.14. The van der Waals surface area contributed by atoms with E-state index in [1.807, 2.05) is 6.92 Å². The van der Waals surface area contributed by atoms with Crippen LogP contribution in [0.15, 0.2) is 23.1 Å². The standard InChI is InChI=1S/C15H24N2O2S/c1-3-7-15(8-9-15)11-17-20(18,19)14-10-13(16)6-5-12(14)4-2/h5-6,10,17H,3-4,7-9,11,16H2,1-2H3. The molecule has 0 spiro atoms. The van der Waals surface area contributed by atoms with Crippen LogP contribution in [0.2, 0.25) is 0 Å². The summed E-state index contributed by atoms with van der Waals surface area (Å²) in [4.78, 5) is 0.326. The van der Waals surface area contributed by atoms with Gasteiger partial charge in [0.1, 0.15) is 0 Å². The van der Waals surface area contributed by atoms with Crippen LogP contribution in [0, 0.1) is 5.41 Å². The van der Waals surface area contributed by atoms with Gasteiger partial charge in [0.15, 0.2) is 0 Å². The first kappa shape index (κ1) is 15.3. The van der Waals surface area contributed by atoms with Gasteiger partial charge in [-0.3, -0.25) is 0 Å². The zero-order valence-corrected chi connectivity index (χ0v) is 13.1. The Balaban J connectivity index is 2.16. The second-order valence-electron chi connectivity index (χ2n) is 5.80. The van der Waals surface area contributed by atoms with E-state index in [1.54, 1.807) is 18.2 Å². The monoisotopic (exact) mass is 296 g/mol. The lowest BCUT2D eigenvalue weighted by molar-refractivity contribution is 0.449. The summed E-state index contributed by atoms with van der Waals surface area (Å²) in [6.07, 6.45) is 5.12. The summed E-state index contributed by atoms with van der Waals surface area (Å²) in [5.41, 5.74) is 7.23. The van der Waals surface area contributed by atoms with Gasteiger partial charge in [0, 0.05) is 12.2 Å². The van der Waals surface area contributed by atoms with Gasteiger partial charge in [-0.25, -0.2) is 13.1 Å². The van der Waals surface area contributed by atoms with Crippen LogP contribution >= 0.6 is 0 Å². The third kappa shape index (κ3) is 3.33. The number of sulfonamides is 1. The first-order valence-corrected chi connectivity index (χ1v) is 8.79. The molecule has 0 unspecified atom stereocenters. The summed E-state index contributed by atoms with van der Waals surface area (Å²) in [5.74, 6) is 0. The van der Waals surface area contributed by atoms with Crippen LogP contribution in [0.4, 0.5) is 5.69 Å². The number of benzene rings is 1. The fourth-order valence-corrected chi connectivity index (χ4v) is 4.16. The van der Waals surface area contributed by atoms with Crippen molar-refractivity contribution >= 4 is 15.7 Å². The zero-order valence-electron chi connectivity index (χ0n) is 12.3. The van der Waals surface area contributed by atoms with Gasteiger partial charge in [-0.15, -0.1) is 0 Å². The lowest BCUT2D eigenvalue weighted by atomic mass is 10.0. The normalized spacial score (nSPS) is 17.1. The molecule has 2 rings (SSSR count). The first-order valence-electron chi connectivity index (χ1n) is 7.30. The fraction of sp³-hybridized carbons (Fsp3) is 0.600. The van der Waals surface area contributed by atoms with Gasteiger partial charge in [-0.05, 0) is 48.8 Å². The lowest BCUT2D eigenvalue weighted by Crippen LogP contribution is -2.31. The zero-order chi connectivity index (χ0) is 14.8. The number of nitrogens with one attached hydrogen (secondary N) is 1. The van der Waals surface area contributed by atoms with E-state index in [0.29, 0.717) is 23.5 Å². The lowest BCUT2D eigenvalue weighted by Gasteiger charge is -2.16. The molecule has 1 aromatic carbocycles. The van der Waals surface area contributed by atoms with Crippen LogP contribution in [-0.4, -0.2) is 15.0 Å². The molecule has 0 bridgehead atoms. The van der Waals surface area contributed by atoms with E-state index in [9.17, 15) is 8.42 Å². The Labute approximate surface area is 121 Å². The van der Waals surface area contributed by atoms with Crippen molar-refractivity contribution in [3.63, 3.8) is 0 Å². The molecule has 1 aliphatic rings. The van der Waals surface area contributed by atoms with Crippen LogP contribution in [0.25, 0.3) is 0 Å². The molecule has 0 saturated heterocycles. The molecule has 0 radical (unpaired) electrons. The first-order chi connectivity index (χ1) is 9.42. The summed E-state index contributed by atoms with van der Waals surface area (Å²) in [6, 6.07) is 5.10. The summed E-state index contributed by atoms with van der Waals surface area (Å²) < 4.78 is 27.7. The van der Waals surface area contributed by atoms with Crippen molar-refractivity contribution in [3.8, 4) is 0 Å². The largest absolute Gasteiger partial charge is 0.399 e. The molecule has 3 N–H and O–H groups in total. The van der Waals surface area contributed by atoms with Gasteiger partial charge in [-0.1, -0.05) is 26.3 Å². The average molecular weight is 296 g/mol. The van der Waals surface area contributed by atoms with Crippen molar-refractivity contribution < 1.29 is 8.42 Å². The van der Waals surface area contributed by atoms with Gasteiger partial charge in [0.05, 0.1) is 4.90 Å². The predicted octanol–water partition coefficient (Wildman–Crippen LogP) is 2.69. The topological polar surface area (TPSA) is 72.2 Å². The SMILES string of the molecule is CCCC1(CNS(=O)(=O)c2cc(N)ccc2CC)CC1. The molecular weight excluding hydrogens is 272 g/mol. The summed E-state index contributed by atoms with van der Waals surface area (Å²) in [5, 5.41) is 0. The van der Waals surface area contributed by atoms with Crippen LogP contribution in [0.5, 0.6) is 0 Å². The average Bonchev–Trinajstić information content (AvgIpc) is 3.17. The number of hydrogen-bond acceptors (Lipinski definition) is 3. The Morgan fingerprint density at radius 1 is 1.30 bits per heavy atom. The van der Waals surface area contributed by atoms with Crippen molar-refractivity contribution in [1.29, 1.82) is 0 Å². The Morgan fingerprint density at radius 3 is 2.55 bits per heavy atom. The number of rotatable bonds is 7. The molecule has 0 aliphatic heterocycles. The van der Waals surface area contributed by atoms with Crippen LogP contribution in [0.1, 0.15) is 45.1 Å². The Morgan fingerprint density at radius 2 is 2.00 bits per heavy atom. The number of anilines is 1. The number of nitrogen functional groups attached to an aromatic ring is 1. The van der Waals surface area contributed by atoms with E-state index in [1.165, 1.54) is 0 Å². The molecule has 1 aliphatic carbocycles. The second-order valence-corrected chi connectivity index (χ2v) is 7.53. The molecule has 0 aromatic heterocycles. The molecule has 0 atom stereocenters. The molecule has 1 fully saturated rings. The fourth-order valence-electron chi connectivity index (χ4n) is 2.66. The van der Waals surface area contributed by atoms with Crippen molar-refractivity contribution in [2.45, 2.75) is 50.8 Å². The predicted molar refractivity (Wildman–Crippen MR) is 82.0 cm³/mol. The van der Waals surface area contributed by atoms with Crippen LogP contribution in [-0.2, 0) is 16.4 Å². The number of hydrogen-bond donors (Lipinski definition) is 2. The van der Waals surface area contributed by atoms with Gasteiger partial charge in [0.2, 0.25) is 10.0 Å². The van der Waals surface area contributed by atoms with Crippen LogP contribution in [0.3, 0.4) is 0 Å². The molecule has 5 heteroatoms. The molecule has 0 heterocycles. The molecule has 1 saturated carbocycles.